The minimum Gasteiger partial charge on any atom is -0.398 e. The van der Waals surface area contributed by atoms with Crippen LogP contribution < -0.4 is 16.4 Å². The number of nitrogens with two attached hydrogens (primary N) is 1. The van der Waals surface area contributed by atoms with E-state index in [1.165, 1.54) is 13.0 Å². The molecule has 118 valence electrons. The van der Waals surface area contributed by atoms with Crippen LogP contribution in [-0.2, 0) is 9.59 Å². The summed E-state index contributed by atoms with van der Waals surface area (Å²) in [5.41, 5.74) is 9.73. The fraction of sp³-hybridized carbons (Fsp3) is 0.111. The van der Waals surface area contributed by atoms with E-state index >= 15 is 0 Å². The number of nitrogen functional groups attached to an aromatic ring is 1. The molecule has 2 aromatic carbocycles. The predicted octanol–water partition coefficient (Wildman–Crippen LogP) is 3.19. The Morgan fingerprint density at radius 2 is 1.61 bits per heavy atom. The highest BCUT2D eigenvalue weighted by Crippen LogP contribution is 2.15. The van der Waals surface area contributed by atoms with Gasteiger partial charge in [-0.25, -0.2) is 0 Å². The van der Waals surface area contributed by atoms with Crippen molar-refractivity contribution in [2.75, 3.05) is 16.4 Å². The van der Waals surface area contributed by atoms with Crippen LogP contribution in [0, 0.1) is 6.92 Å². The lowest BCUT2D eigenvalue weighted by Crippen LogP contribution is -2.08. The maximum Gasteiger partial charge on any atom is 0.248 e. The SMILES string of the molecule is CC(=O)Nc1ccc(NC(=O)/C=C/c2ccc(C)c(N)c2)cc1. The Kier molecular flexibility index (Phi) is 5.15. The molecule has 0 aromatic heterocycles. The van der Waals surface area contributed by atoms with Crippen LogP contribution in [-0.4, -0.2) is 11.8 Å². The van der Waals surface area contributed by atoms with E-state index < -0.39 is 0 Å². The van der Waals surface area contributed by atoms with Crippen molar-refractivity contribution in [2.24, 2.45) is 0 Å². The Bertz CT molecular complexity index is 749. The van der Waals surface area contributed by atoms with Gasteiger partial charge in [-0.3, -0.25) is 9.59 Å². The highest BCUT2D eigenvalue weighted by molar-refractivity contribution is 6.02. The molecule has 0 fully saturated rings. The first-order valence-corrected chi connectivity index (χ1v) is 7.17. The second-order valence-corrected chi connectivity index (χ2v) is 5.20. The van der Waals surface area contributed by atoms with E-state index in [-0.39, 0.29) is 11.8 Å². The van der Waals surface area contributed by atoms with Gasteiger partial charge in [0.2, 0.25) is 11.8 Å². The maximum atomic E-state index is 11.9. The highest BCUT2D eigenvalue weighted by Gasteiger charge is 2.00. The number of anilines is 3. The number of carbonyl (C=O) groups excluding carboxylic acids is 2. The molecule has 0 unspecified atom stereocenters. The zero-order valence-electron chi connectivity index (χ0n) is 13.1. The van der Waals surface area contributed by atoms with Gasteiger partial charge in [0.05, 0.1) is 0 Å². The van der Waals surface area contributed by atoms with Crippen molar-refractivity contribution >= 4 is 35.0 Å². The lowest BCUT2D eigenvalue weighted by molar-refractivity contribution is -0.114. The number of carbonyl (C=O) groups is 2. The molecule has 0 saturated carbocycles. The van der Waals surface area contributed by atoms with Crippen LogP contribution in [0.15, 0.2) is 48.5 Å². The molecule has 4 N–H and O–H groups in total. The van der Waals surface area contributed by atoms with E-state index in [9.17, 15) is 9.59 Å². The molecule has 0 spiro atoms. The van der Waals surface area contributed by atoms with Crippen LogP contribution in [0.3, 0.4) is 0 Å². The number of hydrogen-bond acceptors (Lipinski definition) is 3. The topological polar surface area (TPSA) is 84.2 Å². The van der Waals surface area contributed by atoms with Gasteiger partial charge in [-0.05, 0) is 54.5 Å². The Hall–Kier alpha value is -3.08. The second-order valence-electron chi connectivity index (χ2n) is 5.20. The van der Waals surface area contributed by atoms with E-state index in [2.05, 4.69) is 10.6 Å². The van der Waals surface area contributed by atoms with Gasteiger partial charge in [-0.1, -0.05) is 12.1 Å². The number of nitrogens with one attached hydrogen (secondary N) is 2. The van der Waals surface area contributed by atoms with Crippen LogP contribution in [0.4, 0.5) is 17.1 Å². The summed E-state index contributed by atoms with van der Waals surface area (Å²) in [6, 6.07) is 12.5. The van der Waals surface area contributed by atoms with Crippen molar-refractivity contribution in [3.8, 4) is 0 Å². The molecule has 2 rings (SSSR count). The Labute approximate surface area is 135 Å². The summed E-state index contributed by atoms with van der Waals surface area (Å²) in [4.78, 5) is 22.8. The monoisotopic (exact) mass is 309 g/mol. The Balaban J connectivity index is 1.97. The smallest absolute Gasteiger partial charge is 0.248 e. The lowest BCUT2D eigenvalue weighted by atomic mass is 10.1. The number of aryl methyl sites for hydroxylation is 1. The summed E-state index contributed by atoms with van der Waals surface area (Å²) in [5, 5.41) is 5.41. The van der Waals surface area contributed by atoms with Crippen molar-refractivity contribution in [3.63, 3.8) is 0 Å². The quantitative estimate of drug-likeness (QED) is 0.599. The third kappa shape index (κ3) is 5.00. The first-order chi connectivity index (χ1) is 10.9. The zero-order valence-corrected chi connectivity index (χ0v) is 13.1. The number of benzene rings is 2. The lowest BCUT2D eigenvalue weighted by Gasteiger charge is -2.05. The van der Waals surface area contributed by atoms with E-state index in [1.807, 2.05) is 25.1 Å². The third-order valence-electron chi connectivity index (χ3n) is 3.20. The Morgan fingerprint density at radius 3 is 2.17 bits per heavy atom. The fourth-order valence-corrected chi connectivity index (χ4v) is 1.96. The number of amides is 2. The van der Waals surface area contributed by atoms with Crippen molar-refractivity contribution in [2.45, 2.75) is 13.8 Å². The predicted molar refractivity (Wildman–Crippen MR) is 94.0 cm³/mol. The van der Waals surface area contributed by atoms with Gasteiger partial charge < -0.3 is 16.4 Å². The second kappa shape index (κ2) is 7.26. The minimum atomic E-state index is -0.239. The molecular formula is C18H19N3O2. The van der Waals surface area contributed by atoms with Crippen LogP contribution in [0.2, 0.25) is 0 Å². The van der Waals surface area contributed by atoms with Gasteiger partial charge in [0.1, 0.15) is 0 Å². The average molecular weight is 309 g/mol. The fourth-order valence-electron chi connectivity index (χ4n) is 1.96. The molecule has 0 heterocycles. The van der Waals surface area contributed by atoms with E-state index in [0.29, 0.717) is 17.1 Å². The van der Waals surface area contributed by atoms with Crippen molar-refractivity contribution in [3.05, 3.63) is 59.7 Å². The maximum absolute atomic E-state index is 11.9. The van der Waals surface area contributed by atoms with Crippen LogP contribution in [0.1, 0.15) is 18.1 Å². The molecule has 0 aliphatic heterocycles. The summed E-state index contributed by atoms with van der Waals surface area (Å²) >= 11 is 0. The van der Waals surface area contributed by atoms with E-state index in [1.54, 1.807) is 30.3 Å². The molecule has 5 heteroatoms. The first-order valence-electron chi connectivity index (χ1n) is 7.17. The summed E-state index contributed by atoms with van der Waals surface area (Å²) in [6.45, 7) is 3.37. The van der Waals surface area contributed by atoms with Gasteiger partial charge in [0, 0.05) is 30.1 Å². The molecular weight excluding hydrogens is 290 g/mol. The first kappa shape index (κ1) is 16.3. The largest absolute Gasteiger partial charge is 0.398 e. The molecule has 0 aliphatic rings. The summed E-state index contributed by atoms with van der Waals surface area (Å²) in [7, 11) is 0. The van der Waals surface area contributed by atoms with Crippen molar-refractivity contribution in [1.29, 1.82) is 0 Å². The molecule has 23 heavy (non-hydrogen) atoms. The molecule has 0 radical (unpaired) electrons. The molecule has 0 atom stereocenters. The molecule has 0 bridgehead atoms. The number of hydrogen-bond donors (Lipinski definition) is 3. The molecule has 0 saturated heterocycles. The standard InChI is InChI=1S/C18H19N3O2/c1-12-3-4-14(11-17(12)19)5-10-18(23)21-16-8-6-15(7-9-16)20-13(2)22/h3-11H,19H2,1-2H3,(H,20,22)(H,21,23)/b10-5+. The normalized spacial score (nSPS) is 10.5. The van der Waals surface area contributed by atoms with Crippen molar-refractivity contribution in [1.82, 2.24) is 0 Å². The average Bonchev–Trinajstić information content (AvgIpc) is 2.50. The summed E-state index contributed by atoms with van der Waals surface area (Å²) in [5.74, 6) is -0.376. The van der Waals surface area contributed by atoms with Gasteiger partial charge in [-0.2, -0.15) is 0 Å². The third-order valence-corrected chi connectivity index (χ3v) is 3.20. The van der Waals surface area contributed by atoms with Crippen molar-refractivity contribution < 1.29 is 9.59 Å². The highest BCUT2D eigenvalue weighted by atomic mass is 16.2. The van der Waals surface area contributed by atoms with E-state index in [4.69, 9.17) is 5.73 Å². The summed E-state index contributed by atoms with van der Waals surface area (Å²) in [6.07, 6.45) is 3.16. The van der Waals surface area contributed by atoms with Gasteiger partial charge >= 0.3 is 0 Å². The van der Waals surface area contributed by atoms with E-state index in [0.717, 1.165) is 11.1 Å². The zero-order chi connectivity index (χ0) is 16.8. The minimum absolute atomic E-state index is 0.137. The summed E-state index contributed by atoms with van der Waals surface area (Å²) < 4.78 is 0. The van der Waals surface area contributed by atoms with Gasteiger partial charge in [-0.15, -0.1) is 0 Å². The molecule has 2 amide bonds. The molecule has 0 aliphatic carbocycles. The van der Waals surface area contributed by atoms with Gasteiger partial charge in [0.25, 0.3) is 0 Å². The Morgan fingerprint density at radius 1 is 1.00 bits per heavy atom. The molecule has 5 nitrogen and oxygen atoms in total. The van der Waals surface area contributed by atoms with Crippen LogP contribution in [0.25, 0.3) is 6.08 Å². The van der Waals surface area contributed by atoms with Gasteiger partial charge in [0.15, 0.2) is 0 Å². The molecule has 2 aromatic rings. The number of rotatable bonds is 4. The van der Waals surface area contributed by atoms with Crippen LogP contribution >= 0.6 is 0 Å². The van der Waals surface area contributed by atoms with Crippen LogP contribution in [0.5, 0.6) is 0 Å².